The summed E-state index contributed by atoms with van der Waals surface area (Å²) < 4.78 is 0. The van der Waals surface area contributed by atoms with Gasteiger partial charge in [-0.25, -0.2) is 0 Å². The minimum Gasteiger partial charge on any atom is -0.330 e. The van der Waals surface area contributed by atoms with E-state index in [9.17, 15) is 0 Å². The standard InChI is InChI=1S/C9H12.C8H18N2.C8H10.C4H10.CH2O.HO/c1-7-4-5-8(2)9(3)6-7;9-5-2-1-3-8-4-6-10-7-8;1-6-7-4-2-3-5-8(6)7;1-4(2)3;1-2;/h4-6H,1-3H3;8,10H,1-7,9H2;2,4,7-8H,1,3,5H2;4H,1-3H3;1H2;1H. The van der Waals surface area contributed by atoms with Gasteiger partial charge in [-0.15, -0.1) is 0 Å². The van der Waals surface area contributed by atoms with Gasteiger partial charge < -0.3 is 15.8 Å². The molecule has 0 spiro atoms. The van der Waals surface area contributed by atoms with Crippen LogP contribution in [0.3, 0.4) is 0 Å². The third-order valence-electron chi connectivity index (χ3n) is 6.11. The lowest BCUT2D eigenvalue weighted by Gasteiger charge is -2.05. The fraction of sp³-hybridized carbons (Fsp3) is 0.633. The second kappa shape index (κ2) is 20.6. The van der Waals surface area contributed by atoms with Gasteiger partial charge in [0.05, 0.1) is 0 Å². The summed E-state index contributed by atoms with van der Waals surface area (Å²) in [5.41, 5.74) is 11.0. The molecule has 4 heteroatoms. The molecule has 1 aliphatic heterocycles. The lowest BCUT2D eigenvalue weighted by molar-refractivity contribution is -0.0980. The van der Waals surface area contributed by atoms with Crippen LogP contribution >= 0.6 is 0 Å². The van der Waals surface area contributed by atoms with E-state index in [0.29, 0.717) is 0 Å². The van der Waals surface area contributed by atoms with Crippen LogP contribution in [-0.4, -0.2) is 31.9 Å². The molecule has 1 saturated carbocycles. The van der Waals surface area contributed by atoms with Crippen LogP contribution in [0.2, 0.25) is 0 Å². The van der Waals surface area contributed by atoms with Crippen molar-refractivity contribution < 1.29 is 10.3 Å². The number of carbonyl (C=O) groups is 1. The van der Waals surface area contributed by atoms with Gasteiger partial charge in [-0.2, -0.15) is 0 Å². The number of aryl methyl sites for hydroxylation is 3. The van der Waals surface area contributed by atoms with Gasteiger partial charge in [-0.1, -0.05) is 75.3 Å². The predicted molar refractivity (Wildman–Crippen MR) is 149 cm³/mol. The lowest BCUT2D eigenvalue weighted by Crippen LogP contribution is -2.09. The number of allylic oxidation sites excluding steroid dienone is 3. The molecule has 1 radical (unpaired) electrons. The van der Waals surface area contributed by atoms with E-state index in [0.717, 1.165) is 30.2 Å². The number of nitrogens with two attached hydrogens (primary N) is 1. The van der Waals surface area contributed by atoms with E-state index in [1.54, 1.807) is 0 Å². The first kappa shape index (κ1) is 34.4. The van der Waals surface area contributed by atoms with Crippen molar-refractivity contribution in [3.05, 3.63) is 59.2 Å². The Morgan fingerprint density at radius 1 is 1.06 bits per heavy atom. The number of fused-ring (bicyclic) bond motifs is 1. The van der Waals surface area contributed by atoms with Crippen molar-refractivity contribution in [3.63, 3.8) is 0 Å². The van der Waals surface area contributed by atoms with Crippen molar-refractivity contribution >= 4 is 6.79 Å². The van der Waals surface area contributed by atoms with Gasteiger partial charge >= 0.3 is 0 Å². The molecule has 1 saturated heterocycles. The van der Waals surface area contributed by atoms with E-state index >= 15 is 0 Å². The van der Waals surface area contributed by atoms with Crippen LogP contribution in [0, 0.1) is 44.4 Å². The monoisotopic (exact) mass is 473 g/mol. The first-order valence-corrected chi connectivity index (χ1v) is 12.8. The number of unbranched alkanes of at least 4 members (excludes halogenated alkanes) is 1. The molecule has 195 valence electrons. The van der Waals surface area contributed by atoms with Crippen LogP contribution in [0.15, 0.2) is 42.5 Å². The van der Waals surface area contributed by atoms with Crippen molar-refractivity contribution in [1.29, 1.82) is 0 Å². The van der Waals surface area contributed by atoms with Crippen LogP contribution in [0.5, 0.6) is 0 Å². The molecule has 1 aromatic rings. The van der Waals surface area contributed by atoms with E-state index in [-0.39, 0.29) is 5.48 Å². The number of nitrogens with one attached hydrogen (secondary N) is 1. The summed E-state index contributed by atoms with van der Waals surface area (Å²) >= 11 is 0. The van der Waals surface area contributed by atoms with Crippen LogP contribution in [0.1, 0.15) is 76.0 Å². The summed E-state index contributed by atoms with van der Waals surface area (Å²) in [7, 11) is 0. The summed E-state index contributed by atoms with van der Waals surface area (Å²) in [6.45, 7) is 22.2. The summed E-state index contributed by atoms with van der Waals surface area (Å²) in [6, 6.07) is 6.50. The zero-order valence-corrected chi connectivity index (χ0v) is 22.9. The Hall–Kier alpha value is -1.75. The Morgan fingerprint density at radius 2 is 1.71 bits per heavy atom. The summed E-state index contributed by atoms with van der Waals surface area (Å²) in [5, 5.41) is 3.37. The highest BCUT2D eigenvalue weighted by atomic mass is 16.1. The molecule has 0 bridgehead atoms. The van der Waals surface area contributed by atoms with Crippen LogP contribution < -0.4 is 11.1 Å². The van der Waals surface area contributed by atoms with Gasteiger partial charge in [0.2, 0.25) is 0 Å². The molecule has 1 aromatic carbocycles. The average molecular weight is 474 g/mol. The van der Waals surface area contributed by atoms with Gasteiger partial charge in [0.25, 0.3) is 0 Å². The van der Waals surface area contributed by atoms with Crippen LogP contribution in [0.25, 0.3) is 0 Å². The quantitative estimate of drug-likeness (QED) is 0.333. The van der Waals surface area contributed by atoms with Crippen molar-refractivity contribution in [1.82, 2.24) is 5.32 Å². The minimum atomic E-state index is 0. The third kappa shape index (κ3) is 16.0. The van der Waals surface area contributed by atoms with Crippen molar-refractivity contribution in [2.24, 2.45) is 29.4 Å². The van der Waals surface area contributed by atoms with E-state index < -0.39 is 0 Å². The number of hydrogen-bond donors (Lipinski definition) is 3. The minimum absolute atomic E-state index is 0. The topological polar surface area (TPSA) is 85.1 Å². The first-order valence-electron chi connectivity index (χ1n) is 12.8. The number of benzene rings is 1. The molecule has 2 aliphatic carbocycles. The van der Waals surface area contributed by atoms with Crippen molar-refractivity contribution in [3.8, 4) is 0 Å². The third-order valence-corrected chi connectivity index (χ3v) is 6.11. The largest absolute Gasteiger partial charge is 0.330 e. The predicted octanol–water partition coefficient (Wildman–Crippen LogP) is 6.78. The van der Waals surface area contributed by atoms with E-state index in [4.69, 9.17) is 10.5 Å². The molecule has 3 atom stereocenters. The second-order valence-electron chi connectivity index (χ2n) is 10.2. The molecule has 4 nitrogen and oxygen atoms in total. The number of rotatable bonds is 4. The molecule has 3 unspecified atom stereocenters. The van der Waals surface area contributed by atoms with Crippen LogP contribution in [0.4, 0.5) is 0 Å². The van der Waals surface area contributed by atoms with Gasteiger partial charge in [0, 0.05) is 5.92 Å². The number of hydrogen-bond acceptors (Lipinski definition) is 3. The van der Waals surface area contributed by atoms with Gasteiger partial charge in [-0.05, 0) is 101 Å². The zero-order valence-electron chi connectivity index (χ0n) is 22.9. The highest BCUT2D eigenvalue weighted by Crippen LogP contribution is 2.50. The molecule has 4 N–H and O–H groups in total. The van der Waals surface area contributed by atoms with E-state index in [1.165, 1.54) is 73.9 Å². The molecular formula is C30H53N2O2. The van der Waals surface area contributed by atoms with E-state index in [1.807, 2.05) is 6.79 Å². The maximum Gasteiger partial charge on any atom is 0.106 e. The van der Waals surface area contributed by atoms with Gasteiger partial charge in [-0.3, -0.25) is 5.48 Å². The highest BCUT2D eigenvalue weighted by Gasteiger charge is 2.40. The van der Waals surface area contributed by atoms with Crippen molar-refractivity contribution in [2.45, 2.75) is 80.1 Å². The molecular weight excluding hydrogens is 420 g/mol. The van der Waals surface area contributed by atoms with E-state index in [2.05, 4.69) is 83.8 Å². The molecule has 0 amide bonds. The molecule has 0 aromatic heterocycles. The van der Waals surface area contributed by atoms with Gasteiger partial charge in [0.15, 0.2) is 0 Å². The van der Waals surface area contributed by atoms with Crippen molar-refractivity contribution in [2.75, 3.05) is 19.6 Å². The summed E-state index contributed by atoms with van der Waals surface area (Å²) in [4.78, 5) is 8.00. The normalized spacial score (nSPS) is 21.1. The Morgan fingerprint density at radius 3 is 2.12 bits per heavy atom. The van der Waals surface area contributed by atoms with Crippen LogP contribution in [-0.2, 0) is 4.79 Å². The second-order valence-corrected chi connectivity index (χ2v) is 10.2. The zero-order chi connectivity index (χ0) is 25.2. The molecule has 1 heterocycles. The lowest BCUT2D eigenvalue weighted by atomic mass is 10.0. The Labute approximate surface area is 210 Å². The highest BCUT2D eigenvalue weighted by molar-refractivity contribution is 5.34. The molecule has 3 aliphatic rings. The molecule has 34 heavy (non-hydrogen) atoms. The smallest absolute Gasteiger partial charge is 0.106 e. The summed E-state index contributed by atoms with van der Waals surface area (Å²) in [5.74, 6) is 3.47. The average Bonchev–Trinajstić information content (AvgIpc) is 3.18. The molecule has 4 rings (SSSR count). The first-order chi connectivity index (χ1) is 15.8. The fourth-order valence-electron chi connectivity index (χ4n) is 3.97. The SMILES string of the molecule is C=C1C2C=CCCC12.C=O.CC(C)C.Cc1ccc(C)c(C)c1.NCCCCC1CCNC1.[OH]. The maximum absolute atomic E-state index is 8.00. The number of carbonyl (C=O) groups excluding carboxylic acids is 1. The Kier molecular flexibility index (Phi) is 20.9. The maximum atomic E-state index is 8.00. The van der Waals surface area contributed by atoms with Gasteiger partial charge in [0.1, 0.15) is 6.79 Å². The summed E-state index contributed by atoms with van der Waals surface area (Å²) in [6.07, 6.45) is 12.5. The fourth-order valence-corrected chi connectivity index (χ4v) is 3.97. The Bertz CT molecular complexity index is 676. The molecule has 2 fully saturated rings. The Balaban J connectivity index is 0.